The summed E-state index contributed by atoms with van der Waals surface area (Å²) < 4.78 is 21.6. The summed E-state index contributed by atoms with van der Waals surface area (Å²) in [6, 6.07) is 9.47. The molecule has 0 aromatic heterocycles. The smallest absolute Gasteiger partial charge is 0.234 e. The van der Waals surface area contributed by atoms with Gasteiger partial charge in [0.2, 0.25) is 11.7 Å². The van der Waals surface area contributed by atoms with Crippen molar-refractivity contribution in [3.63, 3.8) is 0 Å². The molecular formula is C20H23NO5. The highest BCUT2D eigenvalue weighted by Crippen LogP contribution is 2.43. The van der Waals surface area contributed by atoms with E-state index >= 15 is 0 Å². The molecule has 3 rings (SSSR count). The predicted molar refractivity (Wildman–Crippen MR) is 97.4 cm³/mol. The normalized spacial score (nSPS) is 16.1. The summed E-state index contributed by atoms with van der Waals surface area (Å²) in [7, 11) is 8.12. The maximum atomic E-state index is 13.0. The van der Waals surface area contributed by atoms with Crippen LogP contribution in [0.15, 0.2) is 30.3 Å². The Bertz CT molecular complexity index is 808. The molecule has 0 spiro atoms. The van der Waals surface area contributed by atoms with E-state index < -0.39 is 5.92 Å². The summed E-state index contributed by atoms with van der Waals surface area (Å²) in [5.74, 6) is 1.91. The average Bonchev–Trinajstić information content (AvgIpc) is 2.67. The number of nitrogens with zero attached hydrogens (tertiary/aromatic N) is 1. The first-order valence-electron chi connectivity index (χ1n) is 8.25. The zero-order valence-electron chi connectivity index (χ0n) is 15.7. The van der Waals surface area contributed by atoms with E-state index in [1.165, 1.54) is 0 Å². The lowest BCUT2D eigenvalue weighted by atomic mass is 9.83. The molecule has 2 aromatic rings. The number of ether oxygens (including phenoxy) is 4. The van der Waals surface area contributed by atoms with Crippen molar-refractivity contribution in [2.75, 3.05) is 35.5 Å². The molecule has 0 saturated heterocycles. The molecule has 1 amide bonds. The van der Waals surface area contributed by atoms with Gasteiger partial charge in [-0.05, 0) is 41.0 Å². The zero-order valence-corrected chi connectivity index (χ0v) is 15.7. The van der Waals surface area contributed by atoms with Gasteiger partial charge in [-0.15, -0.1) is 0 Å². The number of carbonyl (C=O) groups excluding carboxylic acids is 1. The van der Waals surface area contributed by atoms with Gasteiger partial charge in [-0.25, -0.2) is 0 Å². The molecule has 26 heavy (non-hydrogen) atoms. The number of likely N-dealkylation sites (N-methyl/N-ethyl adjacent to an activating group) is 1. The molecule has 1 heterocycles. The SMILES string of the molecule is COc1ccc2c(c1)CN(C)C(=O)C2c1cc(OC)c(OC)c(OC)c1. The molecule has 6 nitrogen and oxygen atoms in total. The van der Waals surface area contributed by atoms with Crippen molar-refractivity contribution in [3.8, 4) is 23.0 Å². The molecule has 0 radical (unpaired) electrons. The Morgan fingerprint density at radius 2 is 1.58 bits per heavy atom. The maximum Gasteiger partial charge on any atom is 0.234 e. The van der Waals surface area contributed by atoms with Gasteiger partial charge in [-0.1, -0.05) is 6.07 Å². The first-order chi connectivity index (χ1) is 12.5. The topological polar surface area (TPSA) is 57.2 Å². The second kappa shape index (κ2) is 7.15. The highest BCUT2D eigenvalue weighted by molar-refractivity contribution is 5.89. The minimum absolute atomic E-state index is 0.0249. The van der Waals surface area contributed by atoms with E-state index in [-0.39, 0.29) is 5.91 Å². The third-order valence-electron chi connectivity index (χ3n) is 4.71. The first kappa shape index (κ1) is 17.9. The number of rotatable bonds is 5. The largest absolute Gasteiger partial charge is 0.497 e. The molecule has 6 heteroatoms. The van der Waals surface area contributed by atoms with E-state index in [0.717, 1.165) is 22.4 Å². The number of benzene rings is 2. The Hall–Kier alpha value is -2.89. The molecule has 1 aliphatic rings. The Balaban J connectivity index is 2.18. The van der Waals surface area contributed by atoms with Gasteiger partial charge in [0, 0.05) is 13.6 Å². The van der Waals surface area contributed by atoms with Crippen LogP contribution in [-0.2, 0) is 11.3 Å². The highest BCUT2D eigenvalue weighted by atomic mass is 16.5. The molecule has 1 unspecified atom stereocenters. The molecule has 1 atom stereocenters. The number of amides is 1. The summed E-state index contributed by atoms with van der Waals surface area (Å²) in [5.41, 5.74) is 2.82. The Morgan fingerprint density at radius 3 is 2.12 bits per heavy atom. The number of hydrogen-bond acceptors (Lipinski definition) is 5. The van der Waals surface area contributed by atoms with E-state index in [0.29, 0.717) is 23.8 Å². The zero-order chi connectivity index (χ0) is 18.8. The van der Waals surface area contributed by atoms with Gasteiger partial charge in [0.1, 0.15) is 5.75 Å². The fourth-order valence-electron chi connectivity index (χ4n) is 3.40. The van der Waals surface area contributed by atoms with Crippen LogP contribution in [0.5, 0.6) is 23.0 Å². The van der Waals surface area contributed by atoms with Gasteiger partial charge in [0.15, 0.2) is 11.5 Å². The minimum atomic E-state index is -0.441. The van der Waals surface area contributed by atoms with Crippen molar-refractivity contribution in [1.29, 1.82) is 0 Å². The Morgan fingerprint density at radius 1 is 0.923 bits per heavy atom. The summed E-state index contributed by atoms with van der Waals surface area (Å²) >= 11 is 0. The Labute approximate surface area is 153 Å². The van der Waals surface area contributed by atoms with Crippen molar-refractivity contribution in [1.82, 2.24) is 4.90 Å². The molecule has 0 aliphatic carbocycles. The summed E-state index contributed by atoms with van der Waals surface area (Å²) in [6.07, 6.45) is 0. The van der Waals surface area contributed by atoms with Crippen molar-refractivity contribution >= 4 is 5.91 Å². The summed E-state index contributed by atoms with van der Waals surface area (Å²) in [4.78, 5) is 14.7. The van der Waals surface area contributed by atoms with Gasteiger partial charge in [0.05, 0.1) is 34.4 Å². The van der Waals surface area contributed by atoms with Crippen LogP contribution in [0, 0.1) is 0 Å². The van der Waals surface area contributed by atoms with Gasteiger partial charge >= 0.3 is 0 Å². The molecular weight excluding hydrogens is 334 g/mol. The lowest BCUT2D eigenvalue weighted by Gasteiger charge is -2.32. The lowest BCUT2D eigenvalue weighted by Crippen LogP contribution is -2.37. The number of methoxy groups -OCH3 is 4. The second-order valence-corrected chi connectivity index (χ2v) is 6.15. The van der Waals surface area contributed by atoms with Gasteiger partial charge in [-0.3, -0.25) is 4.79 Å². The van der Waals surface area contributed by atoms with Crippen LogP contribution in [0.3, 0.4) is 0 Å². The van der Waals surface area contributed by atoms with Crippen LogP contribution in [0.2, 0.25) is 0 Å². The molecule has 0 saturated carbocycles. The van der Waals surface area contributed by atoms with Crippen molar-refractivity contribution in [3.05, 3.63) is 47.0 Å². The van der Waals surface area contributed by atoms with Crippen LogP contribution in [0.4, 0.5) is 0 Å². The van der Waals surface area contributed by atoms with E-state index in [2.05, 4.69) is 0 Å². The summed E-state index contributed by atoms with van der Waals surface area (Å²) in [5, 5.41) is 0. The number of hydrogen-bond donors (Lipinski definition) is 0. The average molecular weight is 357 g/mol. The highest BCUT2D eigenvalue weighted by Gasteiger charge is 2.34. The second-order valence-electron chi connectivity index (χ2n) is 6.15. The standard InChI is InChI=1S/C20H23NO5/c1-21-11-13-8-14(23-2)6-7-15(13)18(20(21)22)12-9-16(24-3)19(26-5)17(10-12)25-4/h6-10,18H,11H2,1-5H3. The van der Waals surface area contributed by atoms with E-state index in [1.54, 1.807) is 40.4 Å². The molecule has 0 fully saturated rings. The number of carbonyl (C=O) groups is 1. The third kappa shape index (κ3) is 2.92. The van der Waals surface area contributed by atoms with Crippen LogP contribution in [0.25, 0.3) is 0 Å². The van der Waals surface area contributed by atoms with Crippen LogP contribution >= 0.6 is 0 Å². The molecule has 0 bridgehead atoms. The monoisotopic (exact) mass is 357 g/mol. The van der Waals surface area contributed by atoms with Crippen LogP contribution < -0.4 is 18.9 Å². The van der Waals surface area contributed by atoms with E-state index in [1.807, 2.05) is 30.3 Å². The molecule has 0 N–H and O–H groups in total. The fourth-order valence-corrected chi connectivity index (χ4v) is 3.40. The predicted octanol–water partition coefficient (Wildman–Crippen LogP) is 2.82. The fraction of sp³-hybridized carbons (Fsp3) is 0.350. The number of fused-ring (bicyclic) bond motifs is 1. The lowest BCUT2D eigenvalue weighted by molar-refractivity contribution is -0.131. The van der Waals surface area contributed by atoms with Gasteiger partial charge in [-0.2, -0.15) is 0 Å². The van der Waals surface area contributed by atoms with E-state index in [4.69, 9.17) is 18.9 Å². The van der Waals surface area contributed by atoms with Gasteiger partial charge < -0.3 is 23.8 Å². The van der Waals surface area contributed by atoms with Gasteiger partial charge in [0.25, 0.3) is 0 Å². The van der Waals surface area contributed by atoms with Crippen molar-refractivity contribution in [2.24, 2.45) is 0 Å². The van der Waals surface area contributed by atoms with Crippen LogP contribution in [-0.4, -0.2) is 46.3 Å². The quantitative estimate of drug-likeness (QED) is 0.824. The summed E-state index contributed by atoms with van der Waals surface area (Å²) in [6.45, 7) is 0.548. The molecule has 138 valence electrons. The maximum absolute atomic E-state index is 13.0. The van der Waals surface area contributed by atoms with Crippen molar-refractivity contribution in [2.45, 2.75) is 12.5 Å². The first-order valence-corrected chi connectivity index (χ1v) is 8.25. The van der Waals surface area contributed by atoms with E-state index in [9.17, 15) is 4.79 Å². The molecule has 1 aliphatic heterocycles. The Kier molecular flexibility index (Phi) is 4.93. The third-order valence-corrected chi connectivity index (χ3v) is 4.71. The minimum Gasteiger partial charge on any atom is -0.497 e. The van der Waals surface area contributed by atoms with Crippen molar-refractivity contribution < 1.29 is 23.7 Å². The van der Waals surface area contributed by atoms with Crippen LogP contribution in [0.1, 0.15) is 22.6 Å². The molecule has 2 aromatic carbocycles.